The first-order valence-corrected chi connectivity index (χ1v) is 6.91. The molecule has 0 amide bonds. The summed E-state index contributed by atoms with van der Waals surface area (Å²) in [7, 11) is 0. The summed E-state index contributed by atoms with van der Waals surface area (Å²) in [6.45, 7) is 5.77. The number of halogens is 2. The molecular weight excluding hydrogens is 285 g/mol. The maximum absolute atomic E-state index is 11.8. The number of hydrogen-bond donors (Lipinski definition) is 1. The number of hydrogen-bond acceptors (Lipinski definition) is 3. The summed E-state index contributed by atoms with van der Waals surface area (Å²) >= 11 is 12.0. The molecule has 0 bridgehead atoms. The quantitative estimate of drug-likeness (QED) is 0.837. The monoisotopic (exact) mass is 303 g/mol. The van der Waals surface area contributed by atoms with E-state index in [2.05, 4.69) is 0 Å². The Balaban J connectivity index is 2.84. The molecule has 19 heavy (non-hydrogen) atoms. The molecule has 0 fully saturated rings. The number of esters is 1. The van der Waals surface area contributed by atoms with Crippen LogP contribution in [0.4, 0.5) is 0 Å². The van der Waals surface area contributed by atoms with E-state index < -0.39 is 5.41 Å². The summed E-state index contributed by atoms with van der Waals surface area (Å²) in [5.41, 5.74) is 6.26. The van der Waals surface area contributed by atoms with Crippen LogP contribution < -0.4 is 5.73 Å². The van der Waals surface area contributed by atoms with Gasteiger partial charge in [0.05, 0.1) is 12.0 Å². The molecule has 0 aliphatic rings. The van der Waals surface area contributed by atoms with Crippen LogP contribution in [0, 0.1) is 5.41 Å². The topological polar surface area (TPSA) is 52.3 Å². The number of benzene rings is 1. The maximum atomic E-state index is 11.8. The fraction of sp³-hybridized carbons (Fsp3) is 0.500. The lowest BCUT2D eigenvalue weighted by molar-refractivity contribution is -0.154. The fourth-order valence-corrected chi connectivity index (χ4v) is 2.42. The fourth-order valence-electron chi connectivity index (χ4n) is 1.87. The second kappa shape index (κ2) is 6.60. The third kappa shape index (κ3) is 4.37. The molecule has 1 atom stereocenters. The molecule has 1 unspecified atom stereocenters. The van der Waals surface area contributed by atoms with E-state index in [0.29, 0.717) is 23.1 Å². The van der Waals surface area contributed by atoms with Gasteiger partial charge >= 0.3 is 5.97 Å². The minimum atomic E-state index is -0.654. The zero-order valence-electron chi connectivity index (χ0n) is 11.4. The molecule has 0 aliphatic heterocycles. The smallest absolute Gasteiger partial charge is 0.311 e. The Morgan fingerprint density at radius 2 is 2.05 bits per heavy atom. The molecular formula is C14H19Cl2NO2. The van der Waals surface area contributed by atoms with Gasteiger partial charge < -0.3 is 10.5 Å². The normalized spacial score (nSPS) is 13.2. The van der Waals surface area contributed by atoms with Gasteiger partial charge in [0, 0.05) is 16.1 Å². The maximum Gasteiger partial charge on any atom is 0.311 e. The van der Waals surface area contributed by atoms with Crippen molar-refractivity contribution in [2.24, 2.45) is 11.1 Å². The van der Waals surface area contributed by atoms with Gasteiger partial charge in [-0.05, 0) is 44.9 Å². The van der Waals surface area contributed by atoms with Gasteiger partial charge in [-0.25, -0.2) is 0 Å². The predicted octanol–water partition coefficient (Wildman–Crippen LogP) is 3.97. The standard InChI is InChI=1S/C14H19Cl2NO2/c1-4-19-13(18)14(2,3)8-12(17)10-6-5-9(15)7-11(10)16/h5-7,12H,4,8,17H2,1-3H3. The first-order valence-electron chi connectivity index (χ1n) is 6.15. The predicted molar refractivity (Wildman–Crippen MR) is 78.4 cm³/mol. The van der Waals surface area contributed by atoms with Gasteiger partial charge in [-0.15, -0.1) is 0 Å². The van der Waals surface area contributed by atoms with Crippen molar-refractivity contribution in [1.29, 1.82) is 0 Å². The van der Waals surface area contributed by atoms with E-state index in [4.69, 9.17) is 33.7 Å². The molecule has 0 saturated heterocycles. The van der Waals surface area contributed by atoms with Crippen LogP contribution in [0.15, 0.2) is 18.2 Å². The van der Waals surface area contributed by atoms with Crippen molar-refractivity contribution in [2.45, 2.75) is 33.2 Å². The Bertz CT molecular complexity index is 461. The Morgan fingerprint density at radius 1 is 1.42 bits per heavy atom. The molecule has 0 aromatic heterocycles. The molecule has 0 radical (unpaired) electrons. The Kier molecular flexibility index (Phi) is 5.65. The van der Waals surface area contributed by atoms with E-state index in [9.17, 15) is 4.79 Å². The second-order valence-corrected chi connectivity index (χ2v) is 5.92. The lowest BCUT2D eigenvalue weighted by atomic mass is 9.84. The summed E-state index contributed by atoms with van der Waals surface area (Å²) < 4.78 is 5.04. The van der Waals surface area contributed by atoms with E-state index >= 15 is 0 Å². The molecule has 0 spiro atoms. The highest BCUT2D eigenvalue weighted by Gasteiger charge is 2.32. The van der Waals surface area contributed by atoms with Crippen LogP contribution in [0.1, 0.15) is 38.8 Å². The molecule has 3 nitrogen and oxygen atoms in total. The van der Waals surface area contributed by atoms with Gasteiger partial charge in [-0.2, -0.15) is 0 Å². The number of rotatable bonds is 5. The molecule has 5 heteroatoms. The van der Waals surface area contributed by atoms with E-state index in [-0.39, 0.29) is 12.0 Å². The lowest BCUT2D eigenvalue weighted by Gasteiger charge is -2.26. The van der Waals surface area contributed by atoms with Gasteiger partial charge in [0.15, 0.2) is 0 Å². The van der Waals surface area contributed by atoms with Crippen molar-refractivity contribution in [1.82, 2.24) is 0 Å². The van der Waals surface area contributed by atoms with Gasteiger partial charge in [0.2, 0.25) is 0 Å². The van der Waals surface area contributed by atoms with Gasteiger partial charge in [0.1, 0.15) is 0 Å². The van der Waals surface area contributed by atoms with Gasteiger partial charge in [-0.3, -0.25) is 4.79 Å². The third-order valence-corrected chi connectivity index (χ3v) is 3.48. The molecule has 106 valence electrons. The Morgan fingerprint density at radius 3 is 2.58 bits per heavy atom. The highest BCUT2D eigenvalue weighted by Crippen LogP contribution is 2.33. The SMILES string of the molecule is CCOC(=O)C(C)(C)CC(N)c1ccc(Cl)cc1Cl. The molecule has 1 aromatic carbocycles. The van der Waals surface area contributed by atoms with Crippen LogP contribution in [0.2, 0.25) is 10.0 Å². The van der Waals surface area contributed by atoms with Crippen LogP contribution in [-0.2, 0) is 9.53 Å². The summed E-state index contributed by atoms with van der Waals surface area (Å²) in [6.07, 6.45) is 0.452. The van der Waals surface area contributed by atoms with E-state index in [1.165, 1.54) is 0 Å². The first-order chi connectivity index (χ1) is 8.77. The molecule has 1 aromatic rings. The van der Waals surface area contributed by atoms with Crippen molar-refractivity contribution >= 4 is 29.2 Å². The van der Waals surface area contributed by atoms with Crippen LogP contribution in [0.25, 0.3) is 0 Å². The second-order valence-electron chi connectivity index (χ2n) is 5.08. The van der Waals surface area contributed by atoms with Crippen molar-refractivity contribution in [3.63, 3.8) is 0 Å². The van der Waals surface area contributed by atoms with Crippen LogP contribution in [0.3, 0.4) is 0 Å². The molecule has 0 aliphatic carbocycles. The minimum Gasteiger partial charge on any atom is -0.466 e. The Hall–Kier alpha value is -0.770. The molecule has 1 rings (SSSR count). The van der Waals surface area contributed by atoms with Crippen LogP contribution in [-0.4, -0.2) is 12.6 Å². The first kappa shape index (κ1) is 16.3. The minimum absolute atomic E-state index is 0.254. The third-order valence-electron chi connectivity index (χ3n) is 2.92. The number of ether oxygens (including phenoxy) is 1. The zero-order chi connectivity index (χ0) is 14.6. The average Bonchev–Trinajstić information content (AvgIpc) is 2.28. The molecule has 0 saturated carbocycles. The van der Waals surface area contributed by atoms with Crippen molar-refractivity contribution < 1.29 is 9.53 Å². The molecule has 2 N–H and O–H groups in total. The summed E-state index contributed by atoms with van der Waals surface area (Å²) in [5, 5.41) is 1.07. The van der Waals surface area contributed by atoms with Crippen molar-refractivity contribution in [2.75, 3.05) is 6.61 Å². The number of nitrogens with two attached hydrogens (primary N) is 1. The highest BCUT2D eigenvalue weighted by molar-refractivity contribution is 6.35. The van der Waals surface area contributed by atoms with Crippen LogP contribution in [0.5, 0.6) is 0 Å². The summed E-state index contributed by atoms with van der Waals surface area (Å²) in [4.78, 5) is 11.8. The van der Waals surface area contributed by atoms with Gasteiger partial charge in [0.25, 0.3) is 0 Å². The van der Waals surface area contributed by atoms with Gasteiger partial charge in [-0.1, -0.05) is 29.3 Å². The summed E-state index contributed by atoms with van der Waals surface area (Å²) in [5.74, 6) is -0.254. The van der Waals surface area contributed by atoms with Crippen molar-refractivity contribution in [3.05, 3.63) is 33.8 Å². The number of carbonyl (C=O) groups excluding carboxylic acids is 1. The van der Waals surface area contributed by atoms with E-state index in [0.717, 1.165) is 5.56 Å². The van der Waals surface area contributed by atoms with Crippen molar-refractivity contribution in [3.8, 4) is 0 Å². The average molecular weight is 304 g/mol. The summed E-state index contributed by atoms with van der Waals surface area (Å²) in [6, 6.07) is 4.83. The lowest BCUT2D eigenvalue weighted by Crippen LogP contribution is -2.31. The zero-order valence-corrected chi connectivity index (χ0v) is 12.9. The number of carbonyl (C=O) groups is 1. The highest BCUT2D eigenvalue weighted by atomic mass is 35.5. The Labute approximate surface area is 124 Å². The van der Waals surface area contributed by atoms with E-state index in [1.807, 2.05) is 13.8 Å². The largest absolute Gasteiger partial charge is 0.466 e. The molecule has 0 heterocycles. The van der Waals surface area contributed by atoms with E-state index in [1.54, 1.807) is 25.1 Å². The van der Waals surface area contributed by atoms with Crippen LogP contribution >= 0.6 is 23.2 Å².